The molecule has 5 nitrogen and oxygen atoms in total. The zero-order valence-corrected chi connectivity index (χ0v) is 11.7. The molecule has 5 heteroatoms. The number of nitrogens with two attached hydrogens (primary N) is 1. The molecule has 2 rings (SSSR count). The normalized spacial score (nSPS) is 19.8. The van der Waals surface area contributed by atoms with E-state index in [-0.39, 0.29) is 18.8 Å². The van der Waals surface area contributed by atoms with Gasteiger partial charge in [0.1, 0.15) is 5.82 Å². The summed E-state index contributed by atoms with van der Waals surface area (Å²) in [7, 11) is 0. The van der Waals surface area contributed by atoms with Crippen LogP contribution in [0.2, 0.25) is 0 Å². The number of anilines is 2. The highest BCUT2D eigenvalue weighted by atomic mass is 16.5. The van der Waals surface area contributed by atoms with E-state index >= 15 is 0 Å². The Balaban J connectivity index is 2.23. The summed E-state index contributed by atoms with van der Waals surface area (Å²) in [6.07, 6.45) is 3.33. The third-order valence-electron chi connectivity index (χ3n) is 3.35. The van der Waals surface area contributed by atoms with Crippen LogP contribution in [0.4, 0.5) is 11.5 Å². The van der Waals surface area contributed by atoms with Gasteiger partial charge in [0, 0.05) is 6.54 Å². The topological polar surface area (TPSA) is 71.6 Å². The lowest BCUT2D eigenvalue weighted by atomic mass is 10.0. The molecule has 0 aliphatic carbocycles. The van der Waals surface area contributed by atoms with Crippen LogP contribution >= 0.6 is 0 Å². The molecule has 1 atom stereocenters. The summed E-state index contributed by atoms with van der Waals surface area (Å²) < 4.78 is 5.62. The summed E-state index contributed by atoms with van der Waals surface area (Å²) in [5, 5.41) is 9.47. The van der Waals surface area contributed by atoms with Gasteiger partial charge in [0.15, 0.2) is 0 Å². The number of nitrogens with zero attached hydrogens (tertiary/aromatic N) is 2. The maximum Gasteiger partial charge on any atom is 0.239 e. The molecule has 1 saturated heterocycles. The Labute approximate surface area is 114 Å². The van der Waals surface area contributed by atoms with Crippen molar-refractivity contribution in [3.63, 3.8) is 0 Å². The predicted molar refractivity (Wildman–Crippen MR) is 76.5 cm³/mol. The van der Waals surface area contributed by atoms with E-state index in [1.807, 2.05) is 26.0 Å². The van der Waals surface area contributed by atoms with Crippen LogP contribution in [0.1, 0.15) is 33.1 Å². The number of nitrogen functional groups attached to an aromatic ring is 1. The third kappa shape index (κ3) is 3.29. The molecule has 1 aromatic rings. The van der Waals surface area contributed by atoms with E-state index < -0.39 is 0 Å². The molecule has 0 spiro atoms. The average molecular weight is 265 g/mol. The SMILES string of the molecule is CC(C)Oc1nc(N2CCCCC2CO)ccc1N. The number of aliphatic hydroxyl groups is 1. The van der Waals surface area contributed by atoms with Crippen LogP contribution in [-0.2, 0) is 0 Å². The van der Waals surface area contributed by atoms with Crippen LogP contribution in [0.5, 0.6) is 5.88 Å². The first kappa shape index (κ1) is 13.9. The van der Waals surface area contributed by atoms with E-state index in [4.69, 9.17) is 10.5 Å². The van der Waals surface area contributed by atoms with Gasteiger partial charge in [0.05, 0.1) is 24.4 Å². The van der Waals surface area contributed by atoms with Gasteiger partial charge in [0.25, 0.3) is 0 Å². The molecule has 1 aliphatic rings. The lowest BCUT2D eigenvalue weighted by Crippen LogP contribution is -2.42. The largest absolute Gasteiger partial charge is 0.473 e. The summed E-state index contributed by atoms with van der Waals surface area (Å²) in [4.78, 5) is 6.65. The van der Waals surface area contributed by atoms with Crippen molar-refractivity contribution < 1.29 is 9.84 Å². The van der Waals surface area contributed by atoms with Crippen molar-refractivity contribution in [2.75, 3.05) is 23.8 Å². The van der Waals surface area contributed by atoms with E-state index in [1.54, 1.807) is 0 Å². The molecule has 2 heterocycles. The van der Waals surface area contributed by atoms with Crippen LogP contribution in [0.15, 0.2) is 12.1 Å². The van der Waals surface area contributed by atoms with Gasteiger partial charge in [-0.1, -0.05) is 0 Å². The number of aromatic nitrogens is 1. The Bertz CT molecular complexity index is 423. The number of piperidine rings is 1. The number of rotatable bonds is 4. The smallest absolute Gasteiger partial charge is 0.239 e. The number of hydrogen-bond donors (Lipinski definition) is 2. The molecule has 0 saturated carbocycles. The Kier molecular flexibility index (Phi) is 4.47. The quantitative estimate of drug-likeness (QED) is 0.868. The van der Waals surface area contributed by atoms with Crippen molar-refractivity contribution in [3.8, 4) is 5.88 Å². The van der Waals surface area contributed by atoms with Gasteiger partial charge in [-0.05, 0) is 45.2 Å². The first-order valence-electron chi connectivity index (χ1n) is 6.92. The molecule has 1 aromatic heterocycles. The molecule has 0 amide bonds. The minimum atomic E-state index is 0.0417. The van der Waals surface area contributed by atoms with Crippen molar-refractivity contribution >= 4 is 11.5 Å². The summed E-state index contributed by atoms with van der Waals surface area (Å²) in [5.41, 5.74) is 6.43. The van der Waals surface area contributed by atoms with E-state index in [0.717, 1.165) is 31.6 Å². The first-order chi connectivity index (χ1) is 9.11. The highest BCUT2D eigenvalue weighted by Gasteiger charge is 2.23. The summed E-state index contributed by atoms with van der Waals surface area (Å²) >= 11 is 0. The lowest BCUT2D eigenvalue weighted by molar-refractivity contribution is 0.230. The molecule has 0 bridgehead atoms. The number of hydrogen-bond acceptors (Lipinski definition) is 5. The third-order valence-corrected chi connectivity index (χ3v) is 3.35. The highest BCUT2D eigenvalue weighted by Crippen LogP contribution is 2.28. The monoisotopic (exact) mass is 265 g/mol. The molecule has 3 N–H and O–H groups in total. The minimum absolute atomic E-state index is 0.0417. The standard InChI is InChI=1S/C14H23N3O2/c1-10(2)19-14-12(15)6-7-13(16-14)17-8-4-3-5-11(17)9-18/h6-7,10-11,18H,3-5,8-9,15H2,1-2H3. The minimum Gasteiger partial charge on any atom is -0.473 e. The van der Waals surface area contributed by atoms with Gasteiger partial charge < -0.3 is 20.5 Å². The molecule has 19 heavy (non-hydrogen) atoms. The number of aliphatic hydroxyl groups excluding tert-OH is 1. The van der Waals surface area contributed by atoms with Gasteiger partial charge >= 0.3 is 0 Å². The molecule has 106 valence electrons. The fourth-order valence-electron chi connectivity index (χ4n) is 2.41. The van der Waals surface area contributed by atoms with Crippen molar-refractivity contribution in [3.05, 3.63) is 12.1 Å². The Hall–Kier alpha value is -1.49. The molecular formula is C14H23N3O2. The van der Waals surface area contributed by atoms with Gasteiger partial charge in [-0.25, -0.2) is 0 Å². The van der Waals surface area contributed by atoms with Crippen molar-refractivity contribution in [1.82, 2.24) is 4.98 Å². The zero-order valence-electron chi connectivity index (χ0n) is 11.7. The van der Waals surface area contributed by atoms with E-state index in [0.29, 0.717) is 11.6 Å². The van der Waals surface area contributed by atoms with Gasteiger partial charge in [-0.2, -0.15) is 4.98 Å². The van der Waals surface area contributed by atoms with Crippen LogP contribution < -0.4 is 15.4 Å². The van der Waals surface area contributed by atoms with Crippen molar-refractivity contribution in [1.29, 1.82) is 0 Å². The maximum absolute atomic E-state index is 9.47. The average Bonchev–Trinajstić information content (AvgIpc) is 2.41. The molecule has 0 aromatic carbocycles. The molecule has 1 fully saturated rings. The Morgan fingerprint density at radius 3 is 2.95 bits per heavy atom. The summed E-state index contributed by atoms with van der Waals surface area (Å²) in [6, 6.07) is 3.87. The molecule has 1 aliphatic heterocycles. The summed E-state index contributed by atoms with van der Waals surface area (Å²) in [5.74, 6) is 1.32. The van der Waals surface area contributed by atoms with Gasteiger partial charge in [-0.3, -0.25) is 0 Å². The lowest BCUT2D eigenvalue weighted by Gasteiger charge is -2.35. The van der Waals surface area contributed by atoms with Gasteiger partial charge in [0.2, 0.25) is 5.88 Å². The zero-order chi connectivity index (χ0) is 13.8. The van der Waals surface area contributed by atoms with Crippen LogP contribution in [0.25, 0.3) is 0 Å². The number of pyridine rings is 1. The second kappa shape index (κ2) is 6.10. The first-order valence-corrected chi connectivity index (χ1v) is 6.92. The number of ether oxygens (including phenoxy) is 1. The molecular weight excluding hydrogens is 242 g/mol. The Morgan fingerprint density at radius 2 is 2.26 bits per heavy atom. The fraction of sp³-hybridized carbons (Fsp3) is 0.643. The second-order valence-corrected chi connectivity index (χ2v) is 5.26. The van der Waals surface area contributed by atoms with Crippen molar-refractivity contribution in [2.24, 2.45) is 0 Å². The maximum atomic E-state index is 9.47. The van der Waals surface area contributed by atoms with E-state index in [1.165, 1.54) is 0 Å². The molecule has 1 unspecified atom stereocenters. The highest BCUT2D eigenvalue weighted by molar-refractivity contribution is 5.55. The second-order valence-electron chi connectivity index (χ2n) is 5.26. The Morgan fingerprint density at radius 1 is 1.47 bits per heavy atom. The fourth-order valence-corrected chi connectivity index (χ4v) is 2.41. The van der Waals surface area contributed by atoms with E-state index in [2.05, 4.69) is 9.88 Å². The van der Waals surface area contributed by atoms with Gasteiger partial charge in [-0.15, -0.1) is 0 Å². The van der Waals surface area contributed by atoms with Crippen LogP contribution in [0, 0.1) is 0 Å². The van der Waals surface area contributed by atoms with Crippen LogP contribution in [0.3, 0.4) is 0 Å². The summed E-state index contributed by atoms with van der Waals surface area (Å²) in [6.45, 7) is 4.98. The van der Waals surface area contributed by atoms with E-state index in [9.17, 15) is 5.11 Å². The predicted octanol–water partition coefficient (Wildman–Crippen LogP) is 1.80. The molecule has 0 radical (unpaired) electrons. The van der Waals surface area contributed by atoms with Crippen molar-refractivity contribution in [2.45, 2.75) is 45.3 Å². The van der Waals surface area contributed by atoms with Crippen LogP contribution in [-0.4, -0.2) is 35.4 Å².